The van der Waals surface area contributed by atoms with Gasteiger partial charge in [0, 0.05) is 11.1 Å². The van der Waals surface area contributed by atoms with Gasteiger partial charge in [-0.05, 0) is 27.7 Å². The van der Waals surface area contributed by atoms with E-state index in [1.165, 1.54) is 0 Å². The summed E-state index contributed by atoms with van der Waals surface area (Å²) in [5, 5.41) is 0. The second-order valence-electron chi connectivity index (χ2n) is 5.00. The number of rotatable bonds is 0. The van der Waals surface area contributed by atoms with Gasteiger partial charge in [-0.1, -0.05) is 11.1 Å². The van der Waals surface area contributed by atoms with Crippen LogP contribution in [-0.4, -0.2) is 17.7 Å². The van der Waals surface area contributed by atoms with E-state index < -0.39 is 5.79 Å². The first-order valence-corrected chi connectivity index (χ1v) is 5.64. The highest BCUT2D eigenvalue weighted by Gasteiger charge is 2.53. The molecule has 2 rings (SSSR count). The van der Waals surface area contributed by atoms with Crippen LogP contribution in [0.15, 0.2) is 22.3 Å². The highest BCUT2D eigenvalue weighted by Crippen LogP contribution is 2.43. The van der Waals surface area contributed by atoms with Crippen molar-refractivity contribution in [1.29, 1.82) is 0 Å². The van der Waals surface area contributed by atoms with E-state index in [0.29, 0.717) is 24.0 Å². The zero-order valence-electron chi connectivity index (χ0n) is 10.5. The average Bonchev–Trinajstić information content (AvgIpc) is 2.68. The van der Waals surface area contributed by atoms with Crippen LogP contribution in [0.25, 0.3) is 0 Å². The average molecular weight is 236 g/mol. The van der Waals surface area contributed by atoms with E-state index >= 15 is 0 Å². The molecule has 2 saturated heterocycles. The first-order chi connectivity index (χ1) is 7.84. The van der Waals surface area contributed by atoms with Crippen molar-refractivity contribution < 1.29 is 19.1 Å². The quantitative estimate of drug-likeness (QED) is 0.478. The Labute approximate surface area is 100 Å². The van der Waals surface area contributed by atoms with Gasteiger partial charge in [0.1, 0.15) is 0 Å². The van der Waals surface area contributed by atoms with Crippen LogP contribution >= 0.6 is 0 Å². The van der Waals surface area contributed by atoms with Crippen molar-refractivity contribution in [3.63, 3.8) is 0 Å². The summed E-state index contributed by atoms with van der Waals surface area (Å²) < 4.78 is 10.5. The van der Waals surface area contributed by atoms with Gasteiger partial charge in [-0.15, -0.1) is 0 Å². The third kappa shape index (κ3) is 1.88. The molecule has 1 spiro atoms. The lowest BCUT2D eigenvalue weighted by molar-refractivity contribution is -0.197. The fourth-order valence-corrected chi connectivity index (χ4v) is 2.13. The Balaban J connectivity index is 2.33. The van der Waals surface area contributed by atoms with Gasteiger partial charge >= 0.3 is 11.9 Å². The Morgan fingerprint density at radius 1 is 0.882 bits per heavy atom. The Kier molecular flexibility index (Phi) is 2.60. The minimum atomic E-state index is -1.08. The first-order valence-electron chi connectivity index (χ1n) is 5.64. The molecule has 0 unspecified atom stereocenters. The Bertz CT molecular complexity index is 416. The number of esters is 2. The van der Waals surface area contributed by atoms with E-state index in [2.05, 4.69) is 0 Å². The standard InChI is InChI=1S/C13H16O4/c1-7(2)9-5-13(16-11(9)14)6-10(8(3)4)12(15)17-13/h5-6H2,1-4H3. The molecule has 0 aromatic carbocycles. The number of allylic oxidation sites excluding steroid dienone is 2. The molecule has 0 aromatic rings. The van der Waals surface area contributed by atoms with Crippen molar-refractivity contribution in [2.45, 2.75) is 46.3 Å². The summed E-state index contributed by atoms with van der Waals surface area (Å²) in [7, 11) is 0. The third-order valence-electron chi connectivity index (χ3n) is 3.15. The van der Waals surface area contributed by atoms with Crippen LogP contribution in [0.4, 0.5) is 0 Å². The van der Waals surface area contributed by atoms with Gasteiger partial charge < -0.3 is 9.47 Å². The minimum Gasteiger partial charge on any atom is -0.418 e. The van der Waals surface area contributed by atoms with E-state index in [4.69, 9.17) is 9.47 Å². The predicted octanol–water partition coefficient (Wildman–Crippen LogP) is 2.25. The summed E-state index contributed by atoms with van der Waals surface area (Å²) in [6, 6.07) is 0. The van der Waals surface area contributed by atoms with Crippen LogP contribution in [0, 0.1) is 0 Å². The number of hydrogen-bond acceptors (Lipinski definition) is 4. The second kappa shape index (κ2) is 3.72. The molecule has 0 saturated carbocycles. The molecule has 0 radical (unpaired) electrons. The van der Waals surface area contributed by atoms with Gasteiger partial charge in [-0.3, -0.25) is 0 Å². The van der Waals surface area contributed by atoms with Crippen LogP contribution in [0.5, 0.6) is 0 Å². The normalized spacial score (nSPS) is 21.9. The molecule has 0 amide bonds. The third-order valence-corrected chi connectivity index (χ3v) is 3.15. The van der Waals surface area contributed by atoms with Crippen LogP contribution in [0.1, 0.15) is 40.5 Å². The topological polar surface area (TPSA) is 52.6 Å². The zero-order valence-corrected chi connectivity index (χ0v) is 10.5. The fourth-order valence-electron chi connectivity index (χ4n) is 2.13. The second-order valence-corrected chi connectivity index (χ2v) is 5.00. The predicted molar refractivity (Wildman–Crippen MR) is 60.9 cm³/mol. The Hall–Kier alpha value is -1.58. The van der Waals surface area contributed by atoms with Crippen molar-refractivity contribution in [2.24, 2.45) is 0 Å². The molecule has 92 valence electrons. The molecule has 2 fully saturated rings. The summed E-state index contributed by atoms with van der Waals surface area (Å²) in [5.41, 5.74) is 3.06. The highest BCUT2D eigenvalue weighted by molar-refractivity contribution is 5.96. The maximum absolute atomic E-state index is 11.7. The molecular weight excluding hydrogens is 220 g/mol. The number of carbonyl (C=O) groups excluding carboxylic acids is 2. The first kappa shape index (κ1) is 11.9. The van der Waals surface area contributed by atoms with Crippen molar-refractivity contribution in [1.82, 2.24) is 0 Å². The maximum atomic E-state index is 11.7. The molecule has 4 heteroatoms. The largest absolute Gasteiger partial charge is 0.418 e. The lowest BCUT2D eigenvalue weighted by atomic mass is 9.99. The Morgan fingerprint density at radius 2 is 1.24 bits per heavy atom. The van der Waals surface area contributed by atoms with Crippen molar-refractivity contribution in [3.05, 3.63) is 22.3 Å². The minimum absolute atomic E-state index is 0.358. The lowest BCUT2D eigenvalue weighted by Crippen LogP contribution is -2.27. The summed E-state index contributed by atoms with van der Waals surface area (Å²) in [4.78, 5) is 23.3. The fraction of sp³-hybridized carbons (Fsp3) is 0.538. The van der Waals surface area contributed by atoms with Gasteiger partial charge in [-0.25, -0.2) is 9.59 Å². The van der Waals surface area contributed by atoms with Crippen LogP contribution in [0.3, 0.4) is 0 Å². The van der Waals surface area contributed by atoms with E-state index in [1.807, 2.05) is 27.7 Å². The van der Waals surface area contributed by atoms with Crippen molar-refractivity contribution in [3.8, 4) is 0 Å². The molecule has 2 heterocycles. The maximum Gasteiger partial charge on any atom is 0.337 e. The molecule has 4 nitrogen and oxygen atoms in total. The smallest absolute Gasteiger partial charge is 0.337 e. The molecule has 0 bridgehead atoms. The van der Waals surface area contributed by atoms with Crippen molar-refractivity contribution in [2.75, 3.05) is 0 Å². The van der Waals surface area contributed by atoms with Gasteiger partial charge in [0.05, 0.1) is 12.8 Å². The van der Waals surface area contributed by atoms with Gasteiger partial charge in [0.2, 0.25) is 0 Å². The SMILES string of the molecule is CC(C)=C1CC2(CC(=C(C)C)C(=O)O2)OC1=O. The summed E-state index contributed by atoms with van der Waals surface area (Å²) in [6.45, 7) is 7.42. The van der Waals surface area contributed by atoms with Gasteiger partial charge in [0.25, 0.3) is 5.79 Å². The number of carbonyl (C=O) groups is 2. The van der Waals surface area contributed by atoms with Crippen LogP contribution in [0.2, 0.25) is 0 Å². The Morgan fingerprint density at radius 3 is 1.47 bits per heavy atom. The van der Waals surface area contributed by atoms with Gasteiger partial charge in [0.15, 0.2) is 0 Å². The molecule has 2 aliphatic rings. The molecule has 0 N–H and O–H groups in total. The van der Waals surface area contributed by atoms with E-state index in [1.54, 1.807) is 0 Å². The summed E-state index contributed by atoms with van der Waals surface area (Å²) in [5.74, 6) is -1.81. The van der Waals surface area contributed by atoms with Crippen LogP contribution in [-0.2, 0) is 19.1 Å². The lowest BCUT2D eigenvalue weighted by Gasteiger charge is -2.18. The number of hydrogen-bond donors (Lipinski definition) is 0. The molecule has 0 aromatic heterocycles. The molecule has 0 atom stereocenters. The van der Waals surface area contributed by atoms with Gasteiger partial charge in [-0.2, -0.15) is 0 Å². The molecule has 2 aliphatic heterocycles. The zero-order chi connectivity index (χ0) is 12.8. The van der Waals surface area contributed by atoms with Crippen molar-refractivity contribution >= 4 is 11.9 Å². The summed E-state index contributed by atoms with van der Waals surface area (Å²) >= 11 is 0. The molecular formula is C13H16O4. The summed E-state index contributed by atoms with van der Waals surface area (Å²) in [6.07, 6.45) is 0.716. The monoisotopic (exact) mass is 236 g/mol. The van der Waals surface area contributed by atoms with E-state index in [-0.39, 0.29) is 11.9 Å². The number of ether oxygens (including phenoxy) is 2. The van der Waals surface area contributed by atoms with E-state index in [0.717, 1.165) is 11.1 Å². The highest BCUT2D eigenvalue weighted by atomic mass is 16.7. The molecule has 0 aliphatic carbocycles. The molecule has 17 heavy (non-hydrogen) atoms. The van der Waals surface area contributed by atoms with E-state index in [9.17, 15) is 9.59 Å². The van der Waals surface area contributed by atoms with Crippen LogP contribution < -0.4 is 0 Å².